The standard InChI is InChI=1S/C15H23N3O/c1-3-12(9-16-2)10-17-7-6-13-4-5-14-15(8-13)19-11-18-14/h4-5,8,11-12,16-17H,3,6-7,9-10H2,1-2H3. The van der Waals surface area contributed by atoms with Gasteiger partial charge in [0.1, 0.15) is 5.52 Å². The van der Waals surface area contributed by atoms with E-state index in [-0.39, 0.29) is 0 Å². The Morgan fingerprint density at radius 1 is 1.32 bits per heavy atom. The van der Waals surface area contributed by atoms with Crippen molar-refractivity contribution in [2.45, 2.75) is 19.8 Å². The van der Waals surface area contributed by atoms with Gasteiger partial charge in [0.2, 0.25) is 0 Å². The molecule has 4 nitrogen and oxygen atoms in total. The van der Waals surface area contributed by atoms with Gasteiger partial charge in [-0.15, -0.1) is 0 Å². The van der Waals surface area contributed by atoms with Crippen LogP contribution in [-0.2, 0) is 6.42 Å². The number of nitrogens with one attached hydrogen (secondary N) is 2. The first-order valence-electron chi connectivity index (χ1n) is 7.01. The second-order valence-corrected chi connectivity index (χ2v) is 4.94. The van der Waals surface area contributed by atoms with Crippen LogP contribution in [0.2, 0.25) is 0 Å². The Hall–Kier alpha value is -1.39. The smallest absolute Gasteiger partial charge is 0.181 e. The van der Waals surface area contributed by atoms with Crippen LogP contribution in [-0.4, -0.2) is 31.7 Å². The van der Waals surface area contributed by atoms with Crippen LogP contribution in [0, 0.1) is 5.92 Å². The van der Waals surface area contributed by atoms with Crippen LogP contribution in [0.3, 0.4) is 0 Å². The van der Waals surface area contributed by atoms with E-state index in [9.17, 15) is 0 Å². The van der Waals surface area contributed by atoms with Gasteiger partial charge >= 0.3 is 0 Å². The molecule has 0 aliphatic carbocycles. The van der Waals surface area contributed by atoms with Crippen molar-refractivity contribution in [3.05, 3.63) is 30.2 Å². The summed E-state index contributed by atoms with van der Waals surface area (Å²) in [5.41, 5.74) is 3.09. The molecule has 2 rings (SSSR count). The average Bonchev–Trinajstić information content (AvgIpc) is 2.89. The zero-order valence-corrected chi connectivity index (χ0v) is 11.8. The van der Waals surface area contributed by atoms with E-state index < -0.39 is 0 Å². The Labute approximate surface area is 114 Å². The molecule has 0 bridgehead atoms. The van der Waals surface area contributed by atoms with Gasteiger partial charge in [-0.25, -0.2) is 4.98 Å². The highest BCUT2D eigenvalue weighted by atomic mass is 16.3. The second-order valence-electron chi connectivity index (χ2n) is 4.94. The molecule has 0 fully saturated rings. The Morgan fingerprint density at radius 2 is 2.21 bits per heavy atom. The predicted molar refractivity (Wildman–Crippen MR) is 78.3 cm³/mol. The average molecular weight is 261 g/mol. The van der Waals surface area contributed by atoms with Crippen molar-refractivity contribution in [2.75, 3.05) is 26.7 Å². The summed E-state index contributed by atoms with van der Waals surface area (Å²) in [4.78, 5) is 4.12. The number of oxazole rings is 1. The van der Waals surface area contributed by atoms with Gasteiger partial charge in [0.05, 0.1) is 0 Å². The van der Waals surface area contributed by atoms with E-state index in [1.165, 1.54) is 18.4 Å². The largest absolute Gasteiger partial charge is 0.443 e. The molecule has 19 heavy (non-hydrogen) atoms. The molecule has 1 aromatic carbocycles. The molecule has 4 heteroatoms. The molecule has 0 aliphatic heterocycles. The van der Waals surface area contributed by atoms with Crippen molar-refractivity contribution in [2.24, 2.45) is 5.92 Å². The van der Waals surface area contributed by atoms with Crippen molar-refractivity contribution in [3.8, 4) is 0 Å². The van der Waals surface area contributed by atoms with Crippen LogP contribution >= 0.6 is 0 Å². The normalized spacial score (nSPS) is 12.9. The molecule has 1 aromatic heterocycles. The summed E-state index contributed by atoms with van der Waals surface area (Å²) in [6.07, 6.45) is 3.72. The van der Waals surface area contributed by atoms with Crippen molar-refractivity contribution in [1.82, 2.24) is 15.6 Å². The number of nitrogens with zero attached hydrogens (tertiary/aromatic N) is 1. The minimum absolute atomic E-state index is 0.710. The Kier molecular flexibility index (Phi) is 5.36. The van der Waals surface area contributed by atoms with Gasteiger partial charge < -0.3 is 15.1 Å². The van der Waals surface area contributed by atoms with E-state index in [0.717, 1.165) is 37.2 Å². The molecule has 0 amide bonds. The molecule has 1 atom stereocenters. The number of aromatic nitrogens is 1. The molecule has 2 aromatic rings. The first-order chi connectivity index (χ1) is 9.33. The van der Waals surface area contributed by atoms with Gasteiger partial charge in [0.15, 0.2) is 12.0 Å². The third-order valence-corrected chi connectivity index (χ3v) is 3.49. The van der Waals surface area contributed by atoms with Crippen molar-refractivity contribution < 1.29 is 4.42 Å². The monoisotopic (exact) mass is 261 g/mol. The summed E-state index contributed by atoms with van der Waals surface area (Å²) in [7, 11) is 2.01. The van der Waals surface area contributed by atoms with Crippen LogP contribution in [0.25, 0.3) is 11.1 Å². The highest BCUT2D eigenvalue weighted by Gasteiger charge is 2.04. The number of hydrogen-bond donors (Lipinski definition) is 2. The first kappa shape index (κ1) is 14.0. The summed E-state index contributed by atoms with van der Waals surface area (Å²) in [6.45, 7) is 5.39. The highest BCUT2D eigenvalue weighted by molar-refractivity contribution is 5.72. The lowest BCUT2D eigenvalue weighted by atomic mass is 10.1. The molecular formula is C15H23N3O. The van der Waals surface area contributed by atoms with Crippen molar-refractivity contribution in [1.29, 1.82) is 0 Å². The third-order valence-electron chi connectivity index (χ3n) is 3.49. The Balaban J connectivity index is 1.75. The minimum atomic E-state index is 0.710. The summed E-state index contributed by atoms with van der Waals surface area (Å²) in [6, 6.07) is 6.22. The lowest BCUT2D eigenvalue weighted by molar-refractivity contribution is 0.447. The van der Waals surface area contributed by atoms with Crippen LogP contribution in [0.4, 0.5) is 0 Å². The second kappa shape index (κ2) is 7.26. The summed E-state index contributed by atoms with van der Waals surface area (Å²) in [5, 5.41) is 6.76. The maximum atomic E-state index is 5.31. The first-order valence-corrected chi connectivity index (χ1v) is 7.01. The predicted octanol–water partition coefficient (Wildman–Crippen LogP) is 2.21. The van der Waals surface area contributed by atoms with E-state index in [0.29, 0.717) is 5.92 Å². The SMILES string of the molecule is CCC(CNC)CNCCc1ccc2ncoc2c1. The summed E-state index contributed by atoms with van der Waals surface area (Å²) < 4.78 is 5.31. The molecule has 2 N–H and O–H groups in total. The zero-order chi connectivity index (χ0) is 13.5. The topological polar surface area (TPSA) is 50.1 Å². The highest BCUT2D eigenvalue weighted by Crippen LogP contribution is 2.14. The van der Waals surface area contributed by atoms with Crippen LogP contribution in [0.1, 0.15) is 18.9 Å². The maximum absolute atomic E-state index is 5.31. The molecule has 0 saturated heterocycles. The Bertz CT molecular complexity index is 495. The summed E-state index contributed by atoms with van der Waals surface area (Å²) >= 11 is 0. The van der Waals surface area contributed by atoms with Crippen molar-refractivity contribution in [3.63, 3.8) is 0 Å². The molecular weight excluding hydrogens is 238 g/mol. The van der Waals surface area contributed by atoms with Crippen LogP contribution in [0.5, 0.6) is 0 Å². The lowest BCUT2D eigenvalue weighted by Crippen LogP contribution is -2.30. The zero-order valence-electron chi connectivity index (χ0n) is 11.8. The van der Waals surface area contributed by atoms with Gasteiger partial charge in [0, 0.05) is 0 Å². The molecule has 1 unspecified atom stereocenters. The molecule has 0 aliphatic rings. The van der Waals surface area contributed by atoms with E-state index >= 15 is 0 Å². The number of fused-ring (bicyclic) bond motifs is 1. The lowest BCUT2D eigenvalue weighted by Gasteiger charge is -2.15. The molecule has 1 heterocycles. The van der Waals surface area contributed by atoms with Gasteiger partial charge in [-0.1, -0.05) is 19.4 Å². The van der Waals surface area contributed by atoms with E-state index in [1.807, 2.05) is 13.1 Å². The maximum Gasteiger partial charge on any atom is 0.181 e. The van der Waals surface area contributed by atoms with E-state index in [1.54, 1.807) is 0 Å². The third kappa shape index (κ3) is 4.04. The van der Waals surface area contributed by atoms with E-state index in [4.69, 9.17) is 4.42 Å². The molecule has 0 saturated carbocycles. The number of hydrogen-bond acceptors (Lipinski definition) is 4. The molecule has 104 valence electrons. The van der Waals surface area contributed by atoms with Gasteiger partial charge in [-0.2, -0.15) is 0 Å². The van der Waals surface area contributed by atoms with Crippen molar-refractivity contribution >= 4 is 11.1 Å². The summed E-state index contributed by atoms with van der Waals surface area (Å²) in [5.74, 6) is 0.710. The quantitative estimate of drug-likeness (QED) is 0.715. The van der Waals surface area contributed by atoms with Gasteiger partial charge in [-0.3, -0.25) is 0 Å². The molecule has 0 spiro atoms. The fourth-order valence-corrected chi connectivity index (χ4v) is 2.24. The van der Waals surface area contributed by atoms with Crippen LogP contribution < -0.4 is 10.6 Å². The van der Waals surface area contributed by atoms with Gasteiger partial charge in [-0.05, 0) is 56.7 Å². The van der Waals surface area contributed by atoms with Gasteiger partial charge in [0.25, 0.3) is 0 Å². The molecule has 0 radical (unpaired) electrons. The Morgan fingerprint density at radius 3 is 3.00 bits per heavy atom. The fourth-order valence-electron chi connectivity index (χ4n) is 2.24. The minimum Gasteiger partial charge on any atom is -0.443 e. The van der Waals surface area contributed by atoms with Crippen LogP contribution in [0.15, 0.2) is 29.0 Å². The van der Waals surface area contributed by atoms with E-state index in [2.05, 4.69) is 34.7 Å². The number of benzene rings is 1. The number of rotatable bonds is 8. The fraction of sp³-hybridized carbons (Fsp3) is 0.533.